The van der Waals surface area contributed by atoms with Gasteiger partial charge in [-0.25, -0.2) is 4.39 Å². The average molecular weight is 273 g/mol. The van der Waals surface area contributed by atoms with Gasteiger partial charge in [0.2, 0.25) is 0 Å². The molecular weight excluding hydrogens is 259 g/mol. The second kappa shape index (κ2) is 5.31. The fraction of sp³-hybridized carbons (Fsp3) is 0.333. The van der Waals surface area contributed by atoms with E-state index in [0.29, 0.717) is 17.0 Å². The number of benzene rings is 1. The van der Waals surface area contributed by atoms with Crippen LogP contribution in [0.4, 0.5) is 4.39 Å². The summed E-state index contributed by atoms with van der Waals surface area (Å²) in [6.07, 6.45) is 1.60. The van der Waals surface area contributed by atoms with Gasteiger partial charge in [-0.15, -0.1) is 0 Å². The smallest absolute Gasteiger partial charge is 0.169 e. The molecule has 0 saturated heterocycles. The number of hydrogen-bond donors (Lipinski definition) is 0. The number of hydrogen-bond acceptors (Lipinski definition) is 1. The Bertz CT molecular complexity index is 338. The molecule has 0 spiro atoms. The van der Waals surface area contributed by atoms with Crippen LogP contribution in [0.2, 0.25) is 0 Å². The van der Waals surface area contributed by atoms with Crippen molar-refractivity contribution < 1.29 is 9.13 Å². The van der Waals surface area contributed by atoms with Crippen LogP contribution in [-0.4, -0.2) is 6.61 Å². The lowest BCUT2D eigenvalue weighted by Gasteiger charge is -2.11. The van der Waals surface area contributed by atoms with Gasteiger partial charge in [0.15, 0.2) is 11.6 Å². The Labute approximate surface area is 98.1 Å². The maximum absolute atomic E-state index is 13.5. The molecule has 0 heterocycles. The molecule has 1 nitrogen and oxygen atoms in total. The highest BCUT2D eigenvalue weighted by Gasteiger charge is 2.10. The normalized spacial score (nSPS) is 10.5. The minimum atomic E-state index is -0.361. The Morgan fingerprint density at radius 3 is 2.67 bits per heavy atom. The van der Waals surface area contributed by atoms with Crippen LogP contribution in [0.5, 0.6) is 5.75 Å². The first-order chi connectivity index (χ1) is 7.04. The monoisotopic (exact) mass is 272 g/mol. The molecule has 0 bridgehead atoms. The van der Waals surface area contributed by atoms with E-state index in [-0.39, 0.29) is 11.6 Å². The maximum Gasteiger partial charge on any atom is 0.169 e. The van der Waals surface area contributed by atoms with E-state index in [4.69, 9.17) is 4.74 Å². The topological polar surface area (TPSA) is 9.23 Å². The minimum absolute atomic E-state index is 0.272. The summed E-state index contributed by atoms with van der Waals surface area (Å²) in [4.78, 5) is 0. The van der Waals surface area contributed by atoms with E-state index in [9.17, 15) is 4.39 Å². The van der Waals surface area contributed by atoms with Gasteiger partial charge in [0, 0.05) is 0 Å². The summed E-state index contributed by atoms with van der Waals surface area (Å²) in [7, 11) is 0. The fourth-order valence-electron chi connectivity index (χ4n) is 1.09. The molecule has 1 rings (SSSR count). The molecular formula is C12H14BrFO. The molecule has 82 valence electrons. The SMILES string of the molecule is C=Cc1cc(F)c(OCC(C)C)c(Br)c1. The van der Waals surface area contributed by atoms with Gasteiger partial charge in [-0.05, 0) is 39.5 Å². The molecule has 0 N–H and O–H groups in total. The molecule has 0 aliphatic rings. The predicted molar refractivity (Wildman–Crippen MR) is 64.5 cm³/mol. The molecule has 0 fully saturated rings. The molecule has 1 aromatic carbocycles. The summed E-state index contributed by atoms with van der Waals surface area (Å²) >= 11 is 3.28. The first kappa shape index (κ1) is 12.2. The van der Waals surface area contributed by atoms with Crippen molar-refractivity contribution in [2.45, 2.75) is 13.8 Å². The molecule has 3 heteroatoms. The van der Waals surface area contributed by atoms with Crippen molar-refractivity contribution in [3.63, 3.8) is 0 Å². The van der Waals surface area contributed by atoms with Crippen LogP contribution in [0.3, 0.4) is 0 Å². The Kier molecular flexibility index (Phi) is 4.33. The highest BCUT2D eigenvalue weighted by molar-refractivity contribution is 9.10. The Morgan fingerprint density at radius 2 is 2.20 bits per heavy atom. The van der Waals surface area contributed by atoms with Crippen molar-refractivity contribution in [3.05, 3.63) is 34.6 Å². The van der Waals surface area contributed by atoms with E-state index in [1.165, 1.54) is 6.07 Å². The summed E-state index contributed by atoms with van der Waals surface area (Å²) in [5.41, 5.74) is 0.733. The Morgan fingerprint density at radius 1 is 1.53 bits per heavy atom. The molecule has 15 heavy (non-hydrogen) atoms. The molecule has 0 aliphatic carbocycles. The summed E-state index contributed by atoms with van der Waals surface area (Å²) in [6, 6.07) is 3.19. The molecule has 0 atom stereocenters. The van der Waals surface area contributed by atoms with Crippen molar-refractivity contribution in [1.29, 1.82) is 0 Å². The lowest BCUT2D eigenvalue weighted by Crippen LogP contribution is -2.06. The van der Waals surface area contributed by atoms with Crippen LogP contribution in [0.25, 0.3) is 6.08 Å². The van der Waals surface area contributed by atoms with E-state index < -0.39 is 0 Å². The maximum atomic E-state index is 13.5. The standard InChI is InChI=1S/C12H14BrFO/c1-4-9-5-10(13)12(11(14)6-9)15-7-8(2)3/h4-6,8H,1,7H2,2-3H3. The fourth-order valence-corrected chi connectivity index (χ4v) is 1.65. The third-order valence-corrected chi connectivity index (χ3v) is 2.41. The van der Waals surface area contributed by atoms with Gasteiger partial charge in [-0.3, -0.25) is 0 Å². The van der Waals surface area contributed by atoms with Crippen LogP contribution >= 0.6 is 15.9 Å². The summed E-state index contributed by atoms with van der Waals surface area (Å²) < 4.78 is 19.5. The largest absolute Gasteiger partial charge is 0.489 e. The van der Waals surface area contributed by atoms with Gasteiger partial charge < -0.3 is 4.74 Å². The van der Waals surface area contributed by atoms with Gasteiger partial charge in [0.05, 0.1) is 11.1 Å². The van der Waals surface area contributed by atoms with Crippen LogP contribution < -0.4 is 4.74 Å². The minimum Gasteiger partial charge on any atom is -0.489 e. The van der Waals surface area contributed by atoms with Gasteiger partial charge in [0.25, 0.3) is 0 Å². The van der Waals surface area contributed by atoms with Gasteiger partial charge in [0.1, 0.15) is 0 Å². The van der Waals surface area contributed by atoms with Crippen LogP contribution in [0.1, 0.15) is 19.4 Å². The highest BCUT2D eigenvalue weighted by Crippen LogP contribution is 2.30. The van der Waals surface area contributed by atoms with Gasteiger partial charge >= 0.3 is 0 Å². The molecule has 0 unspecified atom stereocenters. The van der Waals surface area contributed by atoms with Crippen LogP contribution in [0.15, 0.2) is 23.2 Å². The molecule has 0 radical (unpaired) electrons. The van der Waals surface area contributed by atoms with Crippen molar-refractivity contribution in [3.8, 4) is 5.75 Å². The number of halogens is 2. The number of ether oxygens (including phenoxy) is 1. The molecule has 0 aliphatic heterocycles. The third-order valence-electron chi connectivity index (χ3n) is 1.82. The molecule has 0 aromatic heterocycles. The van der Waals surface area contributed by atoms with Gasteiger partial charge in [-0.2, -0.15) is 0 Å². The van der Waals surface area contributed by atoms with Crippen molar-refractivity contribution in [2.75, 3.05) is 6.61 Å². The lowest BCUT2D eigenvalue weighted by atomic mass is 10.2. The summed E-state index contributed by atoms with van der Waals surface area (Å²) in [5, 5.41) is 0. The average Bonchev–Trinajstić information content (AvgIpc) is 2.15. The Balaban J connectivity index is 2.93. The van der Waals surface area contributed by atoms with E-state index >= 15 is 0 Å². The second-order valence-corrected chi connectivity index (χ2v) is 4.58. The zero-order valence-corrected chi connectivity index (χ0v) is 10.5. The Hall–Kier alpha value is -0.830. The third kappa shape index (κ3) is 3.34. The van der Waals surface area contributed by atoms with E-state index in [1.807, 2.05) is 13.8 Å². The summed E-state index contributed by atoms with van der Waals surface area (Å²) in [5.74, 6) is 0.282. The van der Waals surface area contributed by atoms with Crippen molar-refractivity contribution >= 4 is 22.0 Å². The quantitative estimate of drug-likeness (QED) is 0.796. The predicted octanol–water partition coefficient (Wildman–Crippen LogP) is 4.27. The lowest BCUT2D eigenvalue weighted by molar-refractivity contribution is 0.257. The zero-order valence-electron chi connectivity index (χ0n) is 8.89. The van der Waals surface area contributed by atoms with Crippen molar-refractivity contribution in [2.24, 2.45) is 5.92 Å². The highest BCUT2D eigenvalue weighted by atomic mass is 79.9. The van der Waals surface area contributed by atoms with Crippen molar-refractivity contribution in [1.82, 2.24) is 0 Å². The number of rotatable bonds is 4. The van der Waals surface area contributed by atoms with E-state index in [2.05, 4.69) is 22.5 Å². The molecule has 0 saturated carbocycles. The molecule has 1 aromatic rings. The summed E-state index contributed by atoms with van der Waals surface area (Å²) in [6.45, 7) is 8.13. The van der Waals surface area contributed by atoms with E-state index in [0.717, 1.165) is 5.56 Å². The van der Waals surface area contributed by atoms with Gasteiger partial charge in [-0.1, -0.05) is 26.5 Å². The van der Waals surface area contributed by atoms with Crippen LogP contribution in [0, 0.1) is 11.7 Å². The first-order valence-corrected chi connectivity index (χ1v) is 5.58. The second-order valence-electron chi connectivity index (χ2n) is 3.72. The first-order valence-electron chi connectivity index (χ1n) is 4.79. The van der Waals surface area contributed by atoms with E-state index in [1.54, 1.807) is 12.1 Å². The van der Waals surface area contributed by atoms with Crippen LogP contribution in [-0.2, 0) is 0 Å². The zero-order chi connectivity index (χ0) is 11.4. The molecule has 0 amide bonds.